The average molecular weight is 340 g/mol. The summed E-state index contributed by atoms with van der Waals surface area (Å²) in [5.74, 6) is 0.679. The van der Waals surface area contributed by atoms with Crippen LogP contribution in [0.2, 0.25) is 0 Å². The van der Waals surface area contributed by atoms with E-state index in [0.717, 1.165) is 19.6 Å². The van der Waals surface area contributed by atoms with Gasteiger partial charge in [-0.3, -0.25) is 4.79 Å². The number of quaternary nitrogens is 1. The number of nitrogens with one attached hydrogen (secondary N) is 1. The Kier molecular flexibility index (Phi) is 6.20. The van der Waals surface area contributed by atoms with Crippen LogP contribution in [-0.2, 0) is 0 Å². The van der Waals surface area contributed by atoms with Gasteiger partial charge in [-0.05, 0) is 43.5 Å². The molecule has 1 aliphatic heterocycles. The van der Waals surface area contributed by atoms with Gasteiger partial charge in [0.1, 0.15) is 25.0 Å². The van der Waals surface area contributed by atoms with Gasteiger partial charge in [0, 0.05) is 11.1 Å². The summed E-state index contributed by atoms with van der Waals surface area (Å²) in [7, 11) is 0. The fraction of sp³-hybridized carbons (Fsp3) is 0.381. The molecule has 0 spiro atoms. The quantitative estimate of drug-likeness (QED) is 0.755. The number of ether oxygens (including phenoxy) is 1. The van der Waals surface area contributed by atoms with E-state index in [-0.39, 0.29) is 12.4 Å². The molecular weight excluding hydrogens is 314 g/mol. The Hall–Kier alpha value is -2.17. The summed E-state index contributed by atoms with van der Waals surface area (Å²) >= 11 is 0. The molecule has 4 nitrogen and oxygen atoms in total. The lowest BCUT2D eigenvalue weighted by Gasteiger charge is -2.25. The van der Waals surface area contributed by atoms with Gasteiger partial charge in [-0.1, -0.05) is 30.3 Å². The van der Waals surface area contributed by atoms with E-state index in [4.69, 9.17) is 4.74 Å². The Labute approximate surface area is 149 Å². The van der Waals surface area contributed by atoms with Crippen LogP contribution in [-0.4, -0.2) is 43.2 Å². The van der Waals surface area contributed by atoms with Gasteiger partial charge in [-0.15, -0.1) is 0 Å². The van der Waals surface area contributed by atoms with Crippen molar-refractivity contribution >= 4 is 5.78 Å². The normalized spacial score (nSPS) is 16.4. The van der Waals surface area contributed by atoms with E-state index in [2.05, 4.69) is 0 Å². The Balaban J connectivity index is 1.49. The van der Waals surface area contributed by atoms with Gasteiger partial charge in [0.2, 0.25) is 0 Å². The summed E-state index contributed by atoms with van der Waals surface area (Å²) in [6, 6.07) is 16.3. The van der Waals surface area contributed by atoms with Crippen LogP contribution in [0.3, 0.4) is 0 Å². The zero-order valence-electron chi connectivity index (χ0n) is 14.5. The molecule has 0 radical (unpaired) electrons. The van der Waals surface area contributed by atoms with Gasteiger partial charge < -0.3 is 14.7 Å². The SMILES string of the molecule is O=C(c1ccccc1)c1ccc(OC[C@@H](O)C[NH+]2CCCCC2)cc1. The fourth-order valence-corrected chi connectivity index (χ4v) is 3.30. The Morgan fingerprint density at radius 1 is 0.960 bits per heavy atom. The summed E-state index contributed by atoms with van der Waals surface area (Å²) in [5, 5.41) is 10.2. The first-order valence-electron chi connectivity index (χ1n) is 9.06. The zero-order chi connectivity index (χ0) is 17.5. The van der Waals surface area contributed by atoms with Crippen LogP contribution in [0.1, 0.15) is 35.2 Å². The monoisotopic (exact) mass is 340 g/mol. The van der Waals surface area contributed by atoms with Crippen molar-refractivity contribution in [2.24, 2.45) is 0 Å². The third kappa shape index (κ3) is 5.15. The molecule has 3 rings (SSSR count). The molecule has 2 aromatic rings. The standard InChI is InChI=1S/C21H25NO3/c23-19(15-22-13-5-2-6-14-22)16-25-20-11-9-18(10-12-20)21(24)17-7-3-1-4-8-17/h1,3-4,7-12,19,23H,2,5-6,13-16H2/p+1/t19-/m0/s1. The molecule has 0 aromatic heterocycles. The topological polar surface area (TPSA) is 51.0 Å². The van der Waals surface area contributed by atoms with Gasteiger partial charge in [-0.25, -0.2) is 0 Å². The maximum absolute atomic E-state index is 12.4. The fourth-order valence-electron chi connectivity index (χ4n) is 3.30. The number of hydrogen-bond donors (Lipinski definition) is 2. The summed E-state index contributed by atoms with van der Waals surface area (Å²) in [6.45, 7) is 3.32. The number of piperidine rings is 1. The van der Waals surface area contributed by atoms with Crippen molar-refractivity contribution in [2.45, 2.75) is 25.4 Å². The Morgan fingerprint density at radius 3 is 2.28 bits per heavy atom. The molecule has 0 bridgehead atoms. The second kappa shape index (κ2) is 8.79. The molecule has 0 amide bonds. The first kappa shape index (κ1) is 17.6. The summed E-state index contributed by atoms with van der Waals surface area (Å²) in [6.07, 6.45) is 3.35. The maximum atomic E-state index is 12.4. The highest BCUT2D eigenvalue weighted by Gasteiger charge is 2.18. The number of benzene rings is 2. The number of carbonyl (C=O) groups is 1. The average Bonchev–Trinajstić information content (AvgIpc) is 2.68. The van der Waals surface area contributed by atoms with E-state index in [1.165, 1.54) is 24.2 Å². The highest BCUT2D eigenvalue weighted by molar-refractivity contribution is 6.08. The Morgan fingerprint density at radius 2 is 1.60 bits per heavy atom. The van der Waals surface area contributed by atoms with Crippen LogP contribution in [0, 0.1) is 0 Å². The predicted octanol–water partition coefficient (Wildman–Crippen LogP) is 1.73. The molecule has 0 aliphatic carbocycles. The van der Waals surface area contributed by atoms with Crippen LogP contribution in [0.25, 0.3) is 0 Å². The molecule has 1 atom stereocenters. The van der Waals surface area contributed by atoms with Crippen molar-refractivity contribution in [3.8, 4) is 5.75 Å². The number of carbonyl (C=O) groups excluding carboxylic acids is 1. The molecule has 1 saturated heterocycles. The first-order chi connectivity index (χ1) is 12.2. The van der Waals surface area contributed by atoms with Crippen LogP contribution < -0.4 is 9.64 Å². The number of rotatable bonds is 7. The maximum Gasteiger partial charge on any atom is 0.193 e. The van der Waals surface area contributed by atoms with E-state index < -0.39 is 6.10 Å². The van der Waals surface area contributed by atoms with Gasteiger partial charge in [0.15, 0.2) is 5.78 Å². The summed E-state index contributed by atoms with van der Waals surface area (Å²) in [5.41, 5.74) is 1.31. The van der Waals surface area contributed by atoms with E-state index in [9.17, 15) is 9.90 Å². The van der Waals surface area contributed by atoms with Crippen LogP contribution >= 0.6 is 0 Å². The summed E-state index contributed by atoms with van der Waals surface area (Å²) < 4.78 is 5.68. The van der Waals surface area contributed by atoms with E-state index >= 15 is 0 Å². The molecule has 1 heterocycles. The lowest BCUT2D eigenvalue weighted by Crippen LogP contribution is -3.14. The highest BCUT2D eigenvalue weighted by Crippen LogP contribution is 2.15. The number of aliphatic hydroxyl groups is 1. The number of aliphatic hydroxyl groups excluding tert-OH is 1. The summed E-state index contributed by atoms with van der Waals surface area (Å²) in [4.78, 5) is 13.8. The van der Waals surface area contributed by atoms with Crippen LogP contribution in [0.5, 0.6) is 5.75 Å². The first-order valence-corrected chi connectivity index (χ1v) is 9.06. The van der Waals surface area contributed by atoms with Crippen molar-refractivity contribution in [3.63, 3.8) is 0 Å². The lowest BCUT2D eigenvalue weighted by molar-refractivity contribution is -0.908. The van der Waals surface area contributed by atoms with Crippen LogP contribution in [0.4, 0.5) is 0 Å². The molecule has 2 aromatic carbocycles. The van der Waals surface area contributed by atoms with E-state index in [1.54, 1.807) is 24.3 Å². The van der Waals surface area contributed by atoms with Crippen molar-refractivity contribution in [2.75, 3.05) is 26.2 Å². The number of likely N-dealkylation sites (tertiary alicyclic amines) is 1. The molecule has 0 unspecified atom stereocenters. The van der Waals surface area contributed by atoms with Crippen LogP contribution in [0.15, 0.2) is 54.6 Å². The molecule has 1 fully saturated rings. The molecule has 4 heteroatoms. The second-order valence-electron chi connectivity index (χ2n) is 6.70. The molecular formula is C21H26NO3+. The highest BCUT2D eigenvalue weighted by atomic mass is 16.5. The zero-order valence-corrected chi connectivity index (χ0v) is 14.5. The van der Waals surface area contributed by atoms with Gasteiger partial charge >= 0.3 is 0 Å². The third-order valence-electron chi connectivity index (χ3n) is 4.68. The number of hydrogen-bond acceptors (Lipinski definition) is 3. The van der Waals surface area contributed by atoms with Crippen molar-refractivity contribution in [1.29, 1.82) is 0 Å². The smallest absolute Gasteiger partial charge is 0.193 e. The van der Waals surface area contributed by atoms with Gasteiger partial charge in [0.25, 0.3) is 0 Å². The van der Waals surface area contributed by atoms with Gasteiger partial charge in [0.05, 0.1) is 13.1 Å². The lowest BCUT2D eigenvalue weighted by atomic mass is 10.0. The van der Waals surface area contributed by atoms with Crippen molar-refractivity contribution in [1.82, 2.24) is 0 Å². The predicted molar refractivity (Wildman–Crippen MR) is 97.2 cm³/mol. The second-order valence-corrected chi connectivity index (χ2v) is 6.70. The Bertz CT molecular complexity index is 663. The molecule has 0 saturated carbocycles. The molecule has 1 aliphatic rings. The third-order valence-corrected chi connectivity index (χ3v) is 4.68. The largest absolute Gasteiger partial charge is 0.491 e. The number of ketones is 1. The van der Waals surface area contributed by atoms with Gasteiger partial charge in [-0.2, -0.15) is 0 Å². The van der Waals surface area contributed by atoms with E-state index in [0.29, 0.717) is 16.9 Å². The molecule has 2 N–H and O–H groups in total. The minimum Gasteiger partial charge on any atom is -0.491 e. The van der Waals surface area contributed by atoms with E-state index in [1.807, 2.05) is 30.3 Å². The van der Waals surface area contributed by atoms with Crippen molar-refractivity contribution < 1.29 is 19.5 Å². The minimum absolute atomic E-state index is 0.000818. The minimum atomic E-state index is -0.460. The van der Waals surface area contributed by atoms with Crippen molar-refractivity contribution in [3.05, 3.63) is 65.7 Å². The molecule has 132 valence electrons. The molecule has 25 heavy (non-hydrogen) atoms.